The summed E-state index contributed by atoms with van der Waals surface area (Å²) in [6, 6.07) is 9.50. The molecule has 0 bridgehead atoms. The Morgan fingerprint density at radius 3 is 2.74 bits per heavy atom. The molecule has 0 spiro atoms. The number of nitro benzene ring substituents is 1. The fraction of sp³-hybridized carbons (Fsp3) is 0.111. The summed E-state index contributed by atoms with van der Waals surface area (Å²) in [4.78, 5) is 28.2. The molecule has 0 aliphatic rings. The molecule has 1 amide bonds. The molecule has 9 heteroatoms. The van der Waals surface area contributed by atoms with Crippen molar-refractivity contribution in [3.8, 4) is 0 Å². The van der Waals surface area contributed by atoms with Crippen LogP contribution < -0.4 is 5.32 Å². The summed E-state index contributed by atoms with van der Waals surface area (Å²) in [5, 5.41) is 15.1. The van der Waals surface area contributed by atoms with Crippen molar-refractivity contribution in [2.45, 2.75) is 17.0 Å². The number of carbonyl (C=O) groups is 1. The van der Waals surface area contributed by atoms with Gasteiger partial charge in [-0.25, -0.2) is 4.98 Å². The molecule has 0 unspecified atom stereocenters. The maximum absolute atomic E-state index is 12.6. The lowest BCUT2D eigenvalue weighted by Crippen LogP contribution is -2.13. The molecule has 27 heavy (non-hydrogen) atoms. The molecule has 2 aromatic carbocycles. The number of carbonyl (C=O) groups excluding carboxylic acids is 1. The predicted molar refractivity (Wildman–Crippen MR) is 105 cm³/mol. The van der Waals surface area contributed by atoms with Crippen LogP contribution in [0, 0.1) is 17.0 Å². The number of halogens is 1. The van der Waals surface area contributed by atoms with Gasteiger partial charge in [0.1, 0.15) is 0 Å². The van der Waals surface area contributed by atoms with Gasteiger partial charge in [0.2, 0.25) is 0 Å². The number of benzene rings is 2. The minimum Gasteiger partial charge on any atom is -0.329 e. The van der Waals surface area contributed by atoms with E-state index in [1.54, 1.807) is 43.5 Å². The lowest BCUT2D eigenvalue weighted by molar-refractivity contribution is -0.385. The predicted octanol–water partition coefficient (Wildman–Crippen LogP) is 4.69. The molecule has 3 rings (SSSR count). The number of aromatic nitrogens is 2. The van der Waals surface area contributed by atoms with Crippen molar-refractivity contribution in [1.29, 1.82) is 0 Å². The van der Waals surface area contributed by atoms with E-state index in [0.29, 0.717) is 16.3 Å². The van der Waals surface area contributed by atoms with Crippen molar-refractivity contribution in [2.24, 2.45) is 7.05 Å². The Bertz CT molecular complexity index is 1040. The van der Waals surface area contributed by atoms with Crippen LogP contribution in [-0.4, -0.2) is 20.4 Å². The van der Waals surface area contributed by atoms with Gasteiger partial charge in [-0.15, -0.1) is 0 Å². The minimum absolute atomic E-state index is 0.101. The highest BCUT2D eigenvalue weighted by Crippen LogP contribution is 2.34. The van der Waals surface area contributed by atoms with Crippen LogP contribution in [0.4, 0.5) is 11.4 Å². The van der Waals surface area contributed by atoms with Crippen molar-refractivity contribution < 1.29 is 9.72 Å². The zero-order valence-corrected chi connectivity index (χ0v) is 16.0. The number of nitrogens with one attached hydrogen (secondary N) is 1. The van der Waals surface area contributed by atoms with E-state index in [2.05, 4.69) is 10.3 Å². The number of imidazole rings is 1. The van der Waals surface area contributed by atoms with E-state index >= 15 is 0 Å². The first-order valence-corrected chi connectivity index (χ1v) is 9.05. The molecule has 7 nitrogen and oxygen atoms in total. The fourth-order valence-corrected chi connectivity index (χ4v) is 3.42. The SMILES string of the molecule is Cc1ccc(C(=O)Nc2cc(Cl)ccc2Sc2nccn2C)cc1[N+](=O)[O-]. The van der Waals surface area contributed by atoms with Crippen molar-refractivity contribution in [3.05, 3.63) is 75.1 Å². The first kappa shape index (κ1) is 18.9. The zero-order valence-electron chi connectivity index (χ0n) is 14.5. The number of nitrogens with zero attached hydrogens (tertiary/aromatic N) is 3. The Hall–Kier alpha value is -2.84. The summed E-state index contributed by atoms with van der Waals surface area (Å²) >= 11 is 7.45. The molecule has 1 aromatic heterocycles. The molecule has 0 fully saturated rings. The van der Waals surface area contributed by atoms with Gasteiger partial charge in [0.25, 0.3) is 11.6 Å². The van der Waals surface area contributed by atoms with Gasteiger partial charge in [-0.2, -0.15) is 0 Å². The lowest BCUT2D eigenvalue weighted by Gasteiger charge is -2.11. The maximum Gasteiger partial charge on any atom is 0.273 e. The Morgan fingerprint density at radius 1 is 1.30 bits per heavy atom. The third-order valence-electron chi connectivity index (χ3n) is 3.84. The van der Waals surface area contributed by atoms with Crippen LogP contribution in [0.2, 0.25) is 5.02 Å². The number of rotatable bonds is 5. The third kappa shape index (κ3) is 4.29. The van der Waals surface area contributed by atoms with Gasteiger partial charge in [0.15, 0.2) is 5.16 Å². The average Bonchev–Trinajstić information content (AvgIpc) is 3.02. The molecule has 0 aliphatic carbocycles. The summed E-state index contributed by atoms with van der Waals surface area (Å²) in [5.41, 5.74) is 1.09. The van der Waals surface area contributed by atoms with Crippen LogP contribution in [0.1, 0.15) is 15.9 Å². The van der Waals surface area contributed by atoms with E-state index in [4.69, 9.17) is 11.6 Å². The second-order valence-corrected chi connectivity index (χ2v) is 7.22. The van der Waals surface area contributed by atoms with E-state index < -0.39 is 10.8 Å². The molecule has 0 saturated carbocycles. The van der Waals surface area contributed by atoms with Gasteiger partial charge >= 0.3 is 0 Å². The van der Waals surface area contributed by atoms with Crippen molar-refractivity contribution >= 4 is 40.6 Å². The average molecular weight is 403 g/mol. The number of hydrogen-bond acceptors (Lipinski definition) is 5. The topological polar surface area (TPSA) is 90.1 Å². The Kier molecular flexibility index (Phi) is 5.48. The third-order valence-corrected chi connectivity index (χ3v) is 5.22. The van der Waals surface area contributed by atoms with E-state index in [1.165, 1.54) is 17.8 Å². The molecule has 0 saturated heterocycles. The summed E-state index contributed by atoms with van der Waals surface area (Å²) in [6.07, 6.45) is 3.50. The smallest absolute Gasteiger partial charge is 0.273 e. The highest BCUT2D eigenvalue weighted by atomic mass is 35.5. The Morgan fingerprint density at radius 2 is 2.07 bits per heavy atom. The number of hydrogen-bond donors (Lipinski definition) is 1. The summed E-state index contributed by atoms with van der Waals surface area (Å²) in [6.45, 7) is 1.62. The molecule has 0 radical (unpaired) electrons. The molecule has 0 atom stereocenters. The highest BCUT2D eigenvalue weighted by molar-refractivity contribution is 7.99. The Labute approximate surface area is 164 Å². The van der Waals surface area contributed by atoms with Crippen LogP contribution >= 0.6 is 23.4 Å². The first-order valence-electron chi connectivity index (χ1n) is 7.86. The second kappa shape index (κ2) is 7.81. The van der Waals surface area contributed by atoms with Crippen molar-refractivity contribution in [3.63, 3.8) is 0 Å². The van der Waals surface area contributed by atoms with Gasteiger partial charge in [0.05, 0.1) is 10.6 Å². The van der Waals surface area contributed by atoms with E-state index in [0.717, 1.165) is 10.1 Å². The molecular formula is C18H15ClN4O3S. The van der Waals surface area contributed by atoms with E-state index in [9.17, 15) is 14.9 Å². The number of anilines is 1. The first-order chi connectivity index (χ1) is 12.8. The standard InChI is InChI=1S/C18H15ClN4O3S/c1-11-3-4-12(9-15(11)23(25)26)17(24)21-14-10-13(19)5-6-16(14)27-18-20-7-8-22(18)2/h3-10H,1-2H3,(H,21,24). The molecule has 1 N–H and O–H groups in total. The van der Waals surface area contributed by atoms with Gasteiger partial charge in [-0.1, -0.05) is 17.7 Å². The Balaban J connectivity index is 1.90. The van der Waals surface area contributed by atoms with E-state index in [1.807, 2.05) is 17.8 Å². The summed E-state index contributed by atoms with van der Waals surface area (Å²) in [5.74, 6) is -0.456. The fourth-order valence-electron chi connectivity index (χ4n) is 2.38. The molecule has 3 aromatic rings. The maximum atomic E-state index is 12.6. The van der Waals surface area contributed by atoms with Gasteiger partial charge < -0.3 is 9.88 Å². The van der Waals surface area contributed by atoms with Crippen LogP contribution in [-0.2, 0) is 7.05 Å². The van der Waals surface area contributed by atoms with Gasteiger partial charge in [-0.05, 0) is 43.0 Å². The monoisotopic (exact) mass is 402 g/mol. The lowest BCUT2D eigenvalue weighted by atomic mass is 10.1. The van der Waals surface area contributed by atoms with Crippen LogP contribution in [0.25, 0.3) is 0 Å². The van der Waals surface area contributed by atoms with Crippen molar-refractivity contribution in [2.75, 3.05) is 5.32 Å². The number of nitro groups is 1. The van der Waals surface area contributed by atoms with Gasteiger partial charge in [-0.3, -0.25) is 14.9 Å². The van der Waals surface area contributed by atoms with Crippen LogP contribution in [0.5, 0.6) is 0 Å². The largest absolute Gasteiger partial charge is 0.329 e. The molecule has 1 heterocycles. The number of amides is 1. The zero-order chi connectivity index (χ0) is 19.6. The quantitative estimate of drug-likeness (QED) is 0.493. The van der Waals surface area contributed by atoms with Gasteiger partial charge in [0, 0.05) is 46.6 Å². The number of aryl methyl sites for hydroxylation is 2. The normalized spacial score (nSPS) is 10.6. The summed E-state index contributed by atoms with van der Waals surface area (Å²) < 4.78 is 1.86. The van der Waals surface area contributed by atoms with Crippen LogP contribution in [0.3, 0.4) is 0 Å². The van der Waals surface area contributed by atoms with Crippen molar-refractivity contribution in [1.82, 2.24) is 9.55 Å². The van der Waals surface area contributed by atoms with E-state index in [-0.39, 0.29) is 11.3 Å². The second-order valence-electron chi connectivity index (χ2n) is 5.78. The molecule has 138 valence electrons. The minimum atomic E-state index is -0.506. The highest BCUT2D eigenvalue weighted by Gasteiger charge is 2.17. The van der Waals surface area contributed by atoms with Crippen LogP contribution in [0.15, 0.2) is 58.8 Å². The molecular weight excluding hydrogens is 388 g/mol. The molecule has 0 aliphatic heterocycles. The summed E-state index contributed by atoms with van der Waals surface area (Å²) in [7, 11) is 1.87.